The molecule has 0 saturated carbocycles. The number of amides is 1. The summed E-state index contributed by atoms with van der Waals surface area (Å²) in [5.41, 5.74) is 0.543. The zero-order valence-electron chi connectivity index (χ0n) is 13.8. The van der Waals surface area contributed by atoms with Gasteiger partial charge in [0.25, 0.3) is 5.91 Å². The van der Waals surface area contributed by atoms with Crippen LogP contribution in [0.25, 0.3) is 9.75 Å². The van der Waals surface area contributed by atoms with Crippen LogP contribution in [0.3, 0.4) is 0 Å². The van der Waals surface area contributed by atoms with Gasteiger partial charge in [0.1, 0.15) is 11.9 Å². The highest BCUT2D eigenvalue weighted by Crippen LogP contribution is 2.33. The Morgan fingerprint density at radius 3 is 2.64 bits per heavy atom. The average molecular weight is 373 g/mol. The summed E-state index contributed by atoms with van der Waals surface area (Å²) in [4.78, 5) is 15.3. The average Bonchev–Trinajstić information content (AvgIpc) is 3.31. The fourth-order valence-corrected chi connectivity index (χ4v) is 4.17. The Kier molecular flexibility index (Phi) is 5.86. The standard InChI is InChI=1S/C19H19NO3S2/c1-2-23-14-7-5-13(6-8-14)19(22)20-12-15(21)16-9-10-18(25-16)17-4-3-11-24-17/h3-11,15,21H,2,12H2,1H3,(H,20,22)/t15-/m1/s1. The molecule has 0 bridgehead atoms. The Morgan fingerprint density at radius 1 is 1.16 bits per heavy atom. The molecule has 1 amide bonds. The Hall–Kier alpha value is -2.15. The number of aliphatic hydroxyl groups is 1. The molecule has 0 unspecified atom stereocenters. The zero-order chi connectivity index (χ0) is 17.6. The second-order valence-electron chi connectivity index (χ2n) is 5.36. The summed E-state index contributed by atoms with van der Waals surface area (Å²) in [6, 6.07) is 14.9. The first-order chi connectivity index (χ1) is 12.2. The molecule has 130 valence electrons. The molecule has 0 aliphatic carbocycles. The fourth-order valence-electron chi connectivity index (χ4n) is 2.34. The molecule has 0 fully saturated rings. The van der Waals surface area contributed by atoms with Crippen molar-refractivity contribution in [2.24, 2.45) is 0 Å². The third-order valence-electron chi connectivity index (χ3n) is 3.60. The van der Waals surface area contributed by atoms with Crippen molar-refractivity contribution in [3.05, 3.63) is 64.4 Å². The highest BCUT2D eigenvalue weighted by molar-refractivity contribution is 7.21. The number of hydrogen-bond donors (Lipinski definition) is 2. The number of ether oxygens (including phenoxy) is 1. The van der Waals surface area contributed by atoms with Gasteiger partial charge in [0, 0.05) is 26.7 Å². The predicted molar refractivity (Wildman–Crippen MR) is 103 cm³/mol. The van der Waals surface area contributed by atoms with E-state index in [0.29, 0.717) is 12.2 Å². The third-order valence-corrected chi connectivity index (χ3v) is 5.85. The lowest BCUT2D eigenvalue weighted by atomic mass is 10.2. The SMILES string of the molecule is CCOc1ccc(C(=O)NC[C@@H](O)c2ccc(-c3cccs3)s2)cc1. The van der Waals surface area contributed by atoms with Gasteiger partial charge < -0.3 is 15.2 Å². The molecule has 3 rings (SSSR count). The van der Waals surface area contributed by atoms with Crippen molar-refractivity contribution in [3.8, 4) is 15.5 Å². The quantitative estimate of drug-likeness (QED) is 0.648. The molecule has 2 N–H and O–H groups in total. The molecule has 6 heteroatoms. The first-order valence-corrected chi connectivity index (χ1v) is 9.69. The summed E-state index contributed by atoms with van der Waals surface area (Å²) in [6.45, 7) is 2.68. The minimum Gasteiger partial charge on any atom is -0.494 e. The summed E-state index contributed by atoms with van der Waals surface area (Å²) in [7, 11) is 0. The number of carbonyl (C=O) groups excluding carboxylic acids is 1. The molecule has 0 aliphatic rings. The maximum atomic E-state index is 12.2. The van der Waals surface area contributed by atoms with Gasteiger partial charge in [-0.25, -0.2) is 0 Å². The monoisotopic (exact) mass is 373 g/mol. The molecule has 25 heavy (non-hydrogen) atoms. The number of nitrogens with one attached hydrogen (secondary N) is 1. The summed E-state index contributed by atoms with van der Waals surface area (Å²) in [6.07, 6.45) is -0.717. The maximum absolute atomic E-state index is 12.2. The van der Waals surface area contributed by atoms with Crippen molar-refractivity contribution in [2.45, 2.75) is 13.0 Å². The number of rotatable bonds is 7. The Balaban J connectivity index is 1.56. The minimum atomic E-state index is -0.717. The summed E-state index contributed by atoms with van der Waals surface area (Å²) in [5, 5.41) is 15.1. The topological polar surface area (TPSA) is 58.6 Å². The van der Waals surface area contributed by atoms with Crippen LogP contribution >= 0.6 is 22.7 Å². The normalized spacial score (nSPS) is 11.9. The molecular weight excluding hydrogens is 354 g/mol. The molecule has 0 saturated heterocycles. The second kappa shape index (κ2) is 8.29. The number of benzene rings is 1. The van der Waals surface area contributed by atoms with E-state index >= 15 is 0 Å². The van der Waals surface area contributed by atoms with E-state index < -0.39 is 6.10 Å². The zero-order valence-corrected chi connectivity index (χ0v) is 15.4. The summed E-state index contributed by atoms with van der Waals surface area (Å²) in [5.74, 6) is 0.524. The van der Waals surface area contributed by atoms with Crippen molar-refractivity contribution >= 4 is 28.6 Å². The van der Waals surface area contributed by atoms with Gasteiger partial charge in [-0.2, -0.15) is 0 Å². The first kappa shape index (κ1) is 17.7. The maximum Gasteiger partial charge on any atom is 0.251 e. The van der Waals surface area contributed by atoms with Crippen molar-refractivity contribution < 1.29 is 14.6 Å². The van der Waals surface area contributed by atoms with Crippen LogP contribution < -0.4 is 10.1 Å². The van der Waals surface area contributed by atoms with Gasteiger partial charge in [-0.15, -0.1) is 22.7 Å². The molecule has 0 spiro atoms. The summed E-state index contributed by atoms with van der Waals surface area (Å²) < 4.78 is 5.36. The van der Waals surface area contributed by atoms with Crippen LogP contribution in [0.1, 0.15) is 28.3 Å². The van der Waals surface area contributed by atoms with E-state index in [0.717, 1.165) is 15.5 Å². The molecule has 0 aliphatic heterocycles. The van der Waals surface area contributed by atoms with Crippen molar-refractivity contribution in [2.75, 3.05) is 13.2 Å². The van der Waals surface area contributed by atoms with Crippen molar-refractivity contribution in [3.63, 3.8) is 0 Å². The number of carbonyl (C=O) groups is 1. The van der Waals surface area contributed by atoms with Crippen molar-refractivity contribution in [1.82, 2.24) is 5.32 Å². The van der Waals surface area contributed by atoms with E-state index in [4.69, 9.17) is 4.74 Å². The first-order valence-electron chi connectivity index (χ1n) is 8.00. The van der Waals surface area contributed by atoms with Crippen LogP contribution in [-0.2, 0) is 0 Å². The van der Waals surface area contributed by atoms with Gasteiger partial charge in [-0.1, -0.05) is 6.07 Å². The summed E-state index contributed by atoms with van der Waals surface area (Å²) >= 11 is 3.22. The third kappa shape index (κ3) is 4.48. The van der Waals surface area contributed by atoms with E-state index in [1.165, 1.54) is 4.88 Å². The Labute approximate surface area is 154 Å². The Bertz CT molecular complexity index is 810. The molecule has 0 radical (unpaired) electrons. The van der Waals surface area contributed by atoms with Crippen LogP contribution in [0.4, 0.5) is 0 Å². The molecular formula is C19H19NO3S2. The van der Waals surface area contributed by atoms with Crippen LogP contribution in [0.2, 0.25) is 0 Å². The van der Waals surface area contributed by atoms with Crippen LogP contribution in [-0.4, -0.2) is 24.2 Å². The van der Waals surface area contributed by atoms with Crippen LogP contribution in [0.5, 0.6) is 5.75 Å². The van der Waals surface area contributed by atoms with Gasteiger partial charge in [0.2, 0.25) is 0 Å². The van der Waals surface area contributed by atoms with Gasteiger partial charge in [0.15, 0.2) is 0 Å². The number of thiophene rings is 2. The van der Waals surface area contributed by atoms with E-state index in [1.54, 1.807) is 46.9 Å². The van der Waals surface area contributed by atoms with Gasteiger partial charge in [-0.05, 0) is 54.8 Å². The molecule has 2 heterocycles. The lowest BCUT2D eigenvalue weighted by Gasteiger charge is -2.10. The molecule has 1 aromatic carbocycles. The molecule has 2 aromatic heterocycles. The molecule has 4 nitrogen and oxygen atoms in total. The molecule has 1 atom stereocenters. The highest BCUT2D eigenvalue weighted by atomic mass is 32.1. The second-order valence-corrected chi connectivity index (χ2v) is 7.43. The van der Waals surface area contributed by atoms with E-state index in [2.05, 4.69) is 11.4 Å². The number of hydrogen-bond acceptors (Lipinski definition) is 5. The largest absolute Gasteiger partial charge is 0.494 e. The van der Waals surface area contributed by atoms with Gasteiger partial charge in [-0.3, -0.25) is 4.79 Å². The predicted octanol–water partition coefficient (Wildman–Crippen LogP) is 4.34. The Morgan fingerprint density at radius 2 is 1.96 bits per heavy atom. The smallest absolute Gasteiger partial charge is 0.251 e. The van der Waals surface area contributed by atoms with E-state index in [9.17, 15) is 9.90 Å². The van der Waals surface area contributed by atoms with E-state index in [1.807, 2.05) is 30.5 Å². The van der Waals surface area contributed by atoms with Gasteiger partial charge in [0.05, 0.1) is 6.61 Å². The van der Waals surface area contributed by atoms with Crippen LogP contribution in [0, 0.1) is 0 Å². The van der Waals surface area contributed by atoms with Gasteiger partial charge >= 0.3 is 0 Å². The highest BCUT2D eigenvalue weighted by Gasteiger charge is 2.14. The number of aliphatic hydroxyl groups excluding tert-OH is 1. The fraction of sp³-hybridized carbons (Fsp3) is 0.211. The van der Waals surface area contributed by atoms with Crippen molar-refractivity contribution in [1.29, 1.82) is 0 Å². The lowest BCUT2D eigenvalue weighted by Crippen LogP contribution is -2.28. The van der Waals surface area contributed by atoms with E-state index in [-0.39, 0.29) is 12.5 Å². The minimum absolute atomic E-state index is 0.177. The lowest BCUT2D eigenvalue weighted by molar-refractivity contribution is 0.0918. The van der Waals surface area contributed by atoms with Crippen LogP contribution in [0.15, 0.2) is 53.9 Å². The molecule has 3 aromatic rings.